The number of nitrogens with zero attached hydrogens (tertiary/aromatic N) is 1. The molecule has 108 valence electrons. The average Bonchev–Trinajstić information content (AvgIpc) is 2.36. The van der Waals surface area contributed by atoms with E-state index < -0.39 is 0 Å². The number of amides is 1. The maximum absolute atomic E-state index is 12.8. The van der Waals surface area contributed by atoms with E-state index in [0.717, 1.165) is 18.3 Å². The zero-order chi connectivity index (χ0) is 13.6. The summed E-state index contributed by atoms with van der Waals surface area (Å²) in [5.41, 5.74) is 5.62. The van der Waals surface area contributed by atoms with Gasteiger partial charge in [0.1, 0.15) is 0 Å². The fourth-order valence-electron chi connectivity index (χ4n) is 5.22. The third-order valence-electron chi connectivity index (χ3n) is 6.11. The topological polar surface area (TPSA) is 46.3 Å². The van der Waals surface area contributed by atoms with Crippen LogP contribution in [0, 0.1) is 29.6 Å². The van der Waals surface area contributed by atoms with Gasteiger partial charge in [-0.25, -0.2) is 0 Å². The van der Waals surface area contributed by atoms with Crippen molar-refractivity contribution in [3.8, 4) is 0 Å². The maximum atomic E-state index is 12.8. The Morgan fingerprint density at radius 3 is 2.16 bits per heavy atom. The van der Waals surface area contributed by atoms with Gasteiger partial charge in [-0.3, -0.25) is 4.79 Å². The predicted octanol–water partition coefficient (Wildman–Crippen LogP) is 2.25. The van der Waals surface area contributed by atoms with Crippen LogP contribution in [-0.4, -0.2) is 30.4 Å². The van der Waals surface area contributed by atoms with Crippen molar-refractivity contribution < 1.29 is 4.79 Å². The molecule has 1 unspecified atom stereocenters. The fourth-order valence-corrected chi connectivity index (χ4v) is 5.22. The highest BCUT2D eigenvalue weighted by atomic mass is 16.2. The van der Waals surface area contributed by atoms with E-state index in [1.165, 1.54) is 32.1 Å². The van der Waals surface area contributed by atoms with Crippen LogP contribution in [0.5, 0.6) is 0 Å². The summed E-state index contributed by atoms with van der Waals surface area (Å²) < 4.78 is 0. The lowest BCUT2D eigenvalue weighted by molar-refractivity contribution is -0.149. The molecule has 19 heavy (non-hydrogen) atoms. The van der Waals surface area contributed by atoms with Gasteiger partial charge >= 0.3 is 0 Å². The highest BCUT2D eigenvalue weighted by Crippen LogP contribution is 2.56. The van der Waals surface area contributed by atoms with E-state index in [1.807, 2.05) is 11.9 Å². The molecule has 4 aliphatic rings. The van der Waals surface area contributed by atoms with Crippen LogP contribution in [-0.2, 0) is 4.79 Å². The minimum Gasteiger partial charge on any atom is -0.343 e. The molecule has 0 radical (unpaired) electrons. The molecule has 0 aromatic carbocycles. The lowest BCUT2D eigenvalue weighted by Gasteiger charge is -2.54. The van der Waals surface area contributed by atoms with E-state index in [0.29, 0.717) is 30.2 Å². The zero-order valence-corrected chi connectivity index (χ0v) is 12.3. The minimum absolute atomic E-state index is 0.287. The van der Waals surface area contributed by atoms with Crippen LogP contribution in [0.4, 0.5) is 0 Å². The Balaban J connectivity index is 1.70. The molecule has 0 spiro atoms. The lowest BCUT2D eigenvalue weighted by Crippen LogP contribution is -2.52. The van der Waals surface area contributed by atoms with Gasteiger partial charge in [-0.2, -0.15) is 0 Å². The molecule has 0 aliphatic heterocycles. The summed E-state index contributed by atoms with van der Waals surface area (Å²) in [6.45, 7) is 2.79. The van der Waals surface area contributed by atoms with Gasteiger partial charge in [-0.05, 0) is 75.7 Å². The fraction of sp³-hybridized carbons (Fsp3) is 0.938. The monoisotopic (exact) mass is 264 g/mol. The van der Waals surface area contributed by atoms with Crippen LogP contribution in [0.3, 0.4) is 0 Å². The number of nitrogens with two attached hydrogens (primary N) is 1. The number of carbonyl (C=O) groups excluding carboxylic acids is 1. The molecule has 2 N–H and O–H groups in total. The van der Waals surface area contributed by atoms with Gasteiger partial charge in [0.15, 0.2) is 0 Å². The second-order valence-corrected chi connectivity index (χ2v) is 7.33. The molecule has 4 bridgehead atoms. The van der Waals surface area contributed by atoms with E-state index in [-0.39, 0.29) is 6.04 Å². The highest BCUT2D eigenvalue weighted by Gasteiger charge is 2.51. The summed E-state index contributed by atoms with van der Waals surface area (Å²) in [6, 6.07) is 0.287. The standard InChI is InChI=1S/C16H28N2O/c1-10(3-4-17)18(2)16(19)15-13-6-11-5-12(8-13)9-14(15)7-11/h10-15H,3-9,17H2,1-2H3. The summed E-state index contributed by atoms with van der Waals surface area (Å²) >= 11 is 0. The van der Waals surface area contributed by atoms with Crippen molar-refractivity contribution in [1.82, 2.24) is 4.90 Å². The van der Waals surface area contributed by atoms with Crippen molar-refractivity contribution in [2.24, 2.45) is 35.3 Å². The van der Waals surface area contributed by atoms with Gasteiger partial charge in [0, 0.05) is 19.0 Å². The third-order valence-corrected chi connectivity index (χ3v) is 6.11. The van der Waals surface area contributed by atoms with Gasteiger partial charge in [-0.1, -0.05) is 0 Å². The zero-order valence-electron chi connectivity index (χ0n) is 12.3. The Labute approximate surface area is 116 Å². The van der Waals surface area contributed by atoms with Crippen molar-refractivity contribution in [2.45, 2.75) is 51.5 Å². The summed E-state index contributed by atoms with van der Waals surface area (Å²) in [7, 11) is 1.98. The second-order valence-electron chi connectivity index (χ2n) is 7.33. The van der Waals surface area contributed by atoms with Crippen molar-refractivity contribution in [3.05, 3.63) is 0 Å². The molecule has 4 aliphatic carbocycles. The first kappa shape index (κ1) is 13.4. The van der Waals surface area contributed by atoms with Gasteiger partial charge in [0.05, 0.1) is 0 Å². The first-order valence-electron chi connectivity index (χ1n) is 8.06. The minimum atomic E-state index is 0.287. The lowest BCUT2D eigenvalue weighted by atomic mass is 9.51. The van der Waals surface area contributed by atoms with Crippen molar-refractivity contribution in [1.29, 1.82) is 0 Å². The SMILES string of the molecule is CC(CCN)N(C)C(=O)C1C2CC3CC(C2)CC1C3. The molecule has 0 heterocycles. The van der Waals surface area contributed by atoms with E-state index in [4.69, 9.17) is 5.73 Å². The van der Waals surface area contributed by atoms with Crippen LogP contribution >= 0.6 is 0 Å². The molecule has 3 nitrogen and oxygen atoms in total. The normalized spacial score (nSPS) is 41.3. The molecule has 1 atom stereocenters. The summed E-state index contributed by atoms with van der Waals surface area (Å²) in [5, 5.41) is 0. The molecule has 1 amide bonds. The van der Waals surface area contributed by atoms with Crippen molar-refractivity contribution >= 4 is 5.91 Å². The highest BCUT2D eigenvalue weighted by molar-refractivity contribution is 5.80. The van der Waals surface area contributed by atoms with Gasteiger partial charge in [0.2, 0.25) is 5.91 Å². The Morgan fingerprint density at radius 2 is 1.68 bits per heavy atom. The molecular formula is C16H28N2O. The van der Waals surface area contributed by atoms with Gasteiger partial charge in [0.25, 0.3) is 0 Å². The quantitative estimate of drug-likeness (QED) is 0.846. The van der Waals surface area contributed by atoms with Crippen molar-refractivity contribution in [2.75, 3.05) is 13.6 Å². The Morgan fingerprint density at radius 1 is 1.16 bits per heavy atom. The van der Waals surface area contributed by atoms with Gasteiger partial charge in [-0.15, -0.1) is 0 Å². The maximum Gasteiger partial charge on any atom is 0.226 e. The molecule has 0 aromatic heterocycles. The smallest absolute Gasteiger partial charge is 0.226 e. The average molecular weight is 264 g/mol. The molecule has 4 rings (SSSR count). The molecule has 0 saturated heterocycles. The van der Waals surface area contributed by atoms with Crippen LogP contribution in [0.25, 0.3) is 0 Å². The van der Waals surface area contributed by atoms with Crippen LogP contribution < -0.4 is 5.73 Å². The summed E-state index contributed by atoms with van der Waals surface area (Å²) in [6.07, 6.45) is 7.65. The van der Waals surface area contributed by atoms with Crippen LogP contribution in [0.1, 0.15) is 45.4 Å². The molecule has 3 heteroatoms. The Bertz CT molecular complexity index is 327. The summed E-state index contributed by atoms with van der Waals surface area (Å²) in [4.78, 5) is 14.8. The number of hydrogen-bond acceptors (Lipinski definition) is 2. The second kappa shape index (κ2) is 5.08. The largest absolute Gasteiger partial charge is 0.343 e. The Hall–Kier alpha value is -0.570. The number of rotatable bonds is 4. The van der Waals surface area contributed by atoms with E-state index >= 15 is 0 Å². The number of carbonyl (C=O) groups is 1. The van der Waals surface area contributed by atoms with Crippen LogP contribution in [0.2, 0.25) is 0 Å². The number of hydrogen-bond donors (Lipinski definition) is 1. The summed E-state index contributed by atoms with van der Waals surface area (Å²) in [5.74, 6) is 4.01. The molecule has 4 fully saturated rings. The first-order valence-corrected chi connectivity index (χ1v) is 8.06. The van der Waals surface area contributed by atoms with E-state index in [1.54, 1.807) is 0 Å². The van der Waals surface area contributed by atoms with E-state index in [9.17, 15) is 4.79 Å². The van der Waals surface area contributed by atoms with Gasteiger partial charge < -0.3 is 10.6 Å². The molecular weight excluding hydrogens is 236 g/mol. The van der Waals surface area contributed by atoms with Crippen molar-refractivity contribution in [3.63, 3.8) is 0 Å². The Kier molecular flexibility index (Phi) is 3.59. The molecule has 0 aromatic rings. The van der Waals surface area contributed by atoms with Crippen LogP contribution in [0.15, 0.2) is 0 Å². The third kappa shape index (κ3) is 2.31. The molecule has 4 saturated carbocycles. The predicted molar refractivity (Wildman–Crippen MR) is 76.4 cm³/mol. The first-order chi connectivity index (χ1) is 9.10. The van der Waals surface area contributed by atoms with E-state index in [2.05, 4.69) is 6.92 Å².